The van der Waals surface area contributed by atoms with E-state index in [1.54, 1.807) is 11.3 Å². The van der Waals surface area contributed by atoms with Gasteiger partial charge in [-0.2, -0.15) is 0 Å². The van der Waals surface area contributed by atoms with Crippen molar-refractivity contribution in [2.45, 2.75) is 13.3 Å². The Kier molecular flexibility index (Phi) is 6.11. The molecular formula is C18H24N4O2S. The summed E-state index contributed by atoms with van der Waals surface area (Å²) in [6.07, 6.45) is 2.61. The van der Waals surface area contributed by atoms with E-state index in [4.69, 9.17) is 4.74 Å². The summed E-state index contributed by atoms with van der Waals surface area (Å²) in [6, 6.07) is 7.97. The van der Waals surface area contributed by atoms with Crippen molar-refractivity contribution in [1.29, 1.82) is 0 Å². The number of hydrogen-bond donors (Lipinski definition) is 1. The molecule has 2 heterocycles. The summed E-state index contributed by atoms with van der Waals surface area (Å²) in [5.41, 5.74) is 1.13. The molecule has 7 heteroatoms. The van der Waals surface area contributed by atoms with Gasteiger partial charge in [-0.05, 0) is 25.0 Å². The fourth-order valence-electron chi connectivity index (χ4n) is 2.75. The number of carbonyl (C=O) groups excluding carboxylic acids is 1. The van der Waals surface area contributed by atoms with E-state index in [9.17, 15) is 4.79 Å². The molecule has 0 unspecified atom stereocenters. The van der Waals surface area contributed by atoms with Crippen LogP contribution in [0.5, 0.6) is 5.75 Å². The first-order valence-electron chi connectivity index (χ1n) is 8.59. The number of nitrogens with zero attached hydrogens (tertiary/aromatic N) is 3. The highest BCUT2D eigenvalue weighted by atomic mass is 32.1. The molecule has 2 aromatic rings. The molecule has 0 aliphatic carbocycles. The number of hydrogen-bond acceptors (Lipinski definition) is 5. The minimum Gasteiger partial charge on any atom is -0.493 e. The maximum absolute atomic E-state index is 12.2. The van der Waals surface area contributed by atoms with Crippen LogP contribution in [0, 0.1) is 6.92 Å². The fraction of sp³-hybridized carbons (Fsp3) is 0.444. The average Bonchev–Trinajstić information content (AvgIpc) is 3.17. The number of nitrogens with one attached hydrogen (secondary N) is 1. The smallest absolute Gasteiger partial charge is 0.317 e. The van der Waals surface area contributed by atoms with E-state index in [2.05, 4.69) is 15.2 Å². The van der Waals surface area contributed by atoms with Gasteiger partial charge >= 0.3 is 6.03 Å². The number of urea groups is 1. The second kappa shape index (κ2) is 8.71. The Hall–Kier alpha value is -2.28. The topological polar surface area (TPSA) is 57.7 Å². The van der Waals surface area contributed by atoms with Crippen molar-refractivity contribution >= 4 is 22.5 Å². The van der Waals surface area contributed by atoms with Gasteiger partial charge < -0.3 is 19.9 Å². The molecule has 1 aromatic carbocycles. The molecule has 25 heavy (non-hydrogen) atoms. The van der Waals surface area contributed by atoms with Crippen LogP contribution in [0.25, 0.3) is 0 Å². The third kappa shape index (κ3) is 4.85. The highest BCUT2D eigenvalue weighted by Crippen LogP contribution is 2.19. The standard InChI is InChI=1S/C18H24N4O2S/c1-15-5-2-3-6-16(15)24-13-4-7-19-17(23)21-9-11-22(12-10-21)18-20-8-14-25-18/h2-3,5-6,8,14H,4,7,9-13H2,1H3,(H,19,23). The summed E-state index contributed by atoms with van der Waals surface area (Å²) in [5, 5.41) is 5.99. The molecule has 1 fully saturated rings. The van der Waals surface area contributed by atoms with E-state index < -0.39 is 0 Å². The zero-order valence-corrected chi connectivity index (χ0v) is 15.3. The highest BCUT2D eigenvalue weighted by Gasteiger charge is 2.21. The number of ether oxygens (including phenoxy) is 1. The van der Waals surface area contributed by atoms with Gasteiger partial charge in [0.2, 0.25) is 0 Å². The van der Waals surface area contributed by atoms with Gasteiger partial charge in [-0.1, -0.05) is 18.2 Å². The lowest BCUT2D eigenvalue weighted by atomic mass is 10.2. The van der Waals surface area contributed by atoms with E-state index >= 15 is 0 Å². The predicted octanol–water partition coefficient (Wildman–Crippen LogP) is 2.75. The highest BCUT2D eigenvalue weighted by molar-refractivity contribution is 7.13. The summed E-state index contributed by atoms with van der Waals surface area (Å²) in [4.78, 5) is 20.6. The van der Waals surface area contributed by atoms with Crippen LogP contribution in [-0.4, -0.2) is 55.2 Å². The van der Waals surface area contributed by atoms with Crippen LogP contribution in [0.2, 0.25) is 0 Å². The molecule has 3 rings (SSSR count). The minimum atomic E-state index is 0.00896. The molecule has 1 aromatic heterocycles. The maximum atomic E-state index is 12.2. The Labute approximate surface area is 152 Å². The molecular weight excluding hydrogens is 336 g/mol. The quantitative estimate of drug-likeness (QED) is 0.805. The van der Waals surface area contributed by atoms with Gasteiger partial charge in [0.05, 0.1) is 6.61 Å². The van der Waals surface area contributed by atoms with Crippen LogP contribution in [-0.2, 0) is 0 Å². The van der Waals surface area contributed by atoms with E-state index in [1.165, 1.54) is 0 Å². The van der Waals surface area contributed by atoms with E-state index in [1.807, 2.05) is 47.7 Å². The van der Waals surface area contributed by atoms with Gasteiger partial charge in [0.15, 0.2) is 5.13 Å². The zero-order chi connectivity index (χ0) is 17.5. The molecule has 1 aliphatic heterocycles. The van der Waals surface area contributed by atoms with Gasteiger partial charge in [-0.15, -0.1) is 11.3 Å². The molecule has 1 N–H and O–H groups in total. The Balaban J connectivity index is 1.31. The van der Waals surface area contributed by atoms with Crippen LogP contribution in [0.4, 0.5) is 9.93 Å². The minimum absolute atomic E-state index is 0.00896. The number of carbonyl (C=O) groups is 1. The number of anilines is 1. The van der Waals surface area contributed by atoms with Crippen molar-refractivity contribution < 1.29 is 9.53 Å². The second-order valence-electron chi connectivity index (χ2n) is 5.99. The first kappa shape index (κ1) is 17.5. The Morgan fingerprint density at radius 3 is 2.80 bits per heavy atom. The lowest BCUT2D eigenvalue weighted by Gasteiger charge is -2.34. The first-order chi connectivity index (χ1) is 12.2. The lowest BCUT2D eigenvalue weighted by molar-refractivity contribution is 0.193. The summed E-state index contributed by atoms with van der Waals surface area (Å²) >= 11 is 1.64. The molecule has 0 saturated carbocycles. The van der Waals surface area contributed by atoms with Crippen molar-refractivity contribution in [1.82, 2.24) is 15.2 Å². The summed E-state index contributed by atoms with van der Waals surface area (Å²) in [5.74, 6) is 0.909. The van der Waals surface area contributed by atoms with Gasteiger partial charge in [0.25, 0.3) is 0 Å². The fourth-order valence-corrected chi connectivity index (χ4v) is 3.45. The number of piperazine rings is 1. The van der Waals surface area contributed by atoms with Gasteiger partial charge in [-0.25, -0.2) is 9.78 Å². The van der Waals surface area contributed by atoms with Crippen LogP contribution in [0.3, 0.4) is 0 Å². The number of rotatable bonds is 6. The van der Waals surface area contributed by atoms with Crippen LogP contribution in [0.1, 0.15) is 12.0 Å². The number of thiazole rings is 1. The van der Waals surface area contributed by atoms with Gasteiger partial charge in [0.1, 0.15) is 5.75 Å². The normalized spacial score (nSPS) is 14.4. The van der Waals surface area contributed by atoms with E-state index in [0.29, 0.717) is 13.2 Å². The van der Waals surface area contributed by atoms with E-state index in [-0.39, 0.29) is 6.03 Å². The Morgan fingerprint density at radius 2 is 2.08 bits per heavy atom. The maximum Gasteiger partial charge on any atom is 0.317 e. The van der Waals surface area contributed by atoms with Crippen LogP contribution >= 0.6 is 11.3 Å². The van der Waals surface area contributed by atoms with Crippen LogP contribution in [0.15, 0.2) is 35.8 Å². The second-order valence-corrected chi connectivity index (χ2v) is 6.86. The lowest BCUT2D eigenvalue weighted by Crippen LogP contribution is -2.52. The number of aryl methyl sites for hydroxylation is 1. The zero-order valence-electron chi connectivity index (χ0n) is 14.5. The van der Waals surface area contributed by atoms with Crippen molar-refractivity contribution in [3.05, 3.63) is 41.4 Å². The molecule has 0 radical (unpaired) electrons. The largest absolute Gasteiger partial charge is 0.493 e. The van der Waals surface area contributed by atoms with Crippen molar-refractivity contribution in [3.8, 4) is 5.75 Å². The van der Waals surface area contributed by atoms with Crippen molar-refractivity contribution in [3.63, 3.8) is 0 Å². The Bertz CT molecular complexity index is 669. The van der Waals surface area contributed by atoms with E-state index in [0.717, 1.165) is 49.0 Å². The monoisotopic (exact) mass is 360 g/mol. The first-order valence-corrected chi connectivity index (χ1v) is 9.47. The molecule has 2 amide bonds. The molecule has 0 atom stereocenters. The molecule has 1 aliphatic rings. The summed E-state index contributed by atoms with van der Waals surface area (Å²) < 4.78 is 5.74. The predicted molar refractivity (Wildman–Crippen MR) is 101 cm³/mol. The molecule has 1 saturated heterocycles. The van der Waals surface area contributed by atoms with Gasteiger partial charge in [-0.3, -0.25) is 0 Å². The number of benzene rings is 1. The van der Waals surface area contributed by atoms with Crippen LogP contribution < -0.4 is 15.0 Å². The molecule has 6 nitrogen and oxygen atoms in total. The SMILES string of the molecule is Cc1ccccc1OCCCNC(=O)N1CCN(c2nccs2)CC1. The number of aromatic nitrogens is 1. The number of para-hydroxylation sites is 1. The average molecular weight is 360 g/mol. The number of amides is 2. The molecule has 0 spiro atoms. The third-order valence-electron chi connectivity index (χ3n) is 4.21. The van der Waals surface area contributed by atoms with Crippen molar-refractivity contribution in [2.75, 3.05) is 44.2 Å². The Morgan fingerprint density at radius 1 is 1.28 bits per heavy atom. The summed E-state index contributed by atoms with van der Waals surface area (Å²) in [7, 11) is 0. The molecule has 0 bridgehead atoms. The van der Waals surface area contributed by atoms with Crippen molar-refractivity contribution in [2.24, 2.45) is 0 Å². The third-order valence-corrected chi connectivity index (χ3v) is 5.04. The molecule has 134 valence electrons. The summed E-state index contributed by atoms with van der Waals surface area (Å²) in [6.45, 7) is 6.37. The van der Waals surface area contributed by atoms with Gasteiger partial charge in [0, 0.05) is 44.3 Å².